The molecule has 122 heavy (non-hydrogen) atoms. The summed E-state index contributed by atoms with van der Waals surface area (Å²) in [6, 6.07) is 39.7. The highest BCUT2D eigenvalue weighted by Crippen LogP contribution is 2.26. The molecule has 0 unspecified atom stereocenters. The average Bonchev–Trinajstić information content (AvgIpc) is 0.840. The van der Waals surface area contributed by atoms with Gasteiger partial charge in [0.25, 0.3) is 11.8 Å². The third-order valence-corrected chi connectivity index (χ3v) is 16.9. The Bertz CT molecular complexity index is 4180. The number of ketones is 3. The summed E-state index contributed by atoms with van der Waals surface area (Å²) in [4.78, 5) is 96.6. The maximum atomic E-state index is 12.7. The van der Waals surface area contributed by atoms with E-state index < -0.39 is 34.5 Å². The number of amides is 4. The maximum Gasteiger partial charge on any atom is 0.407 e. The first-order valence-electron chi connectivity index (χ1n) is 40.6. The van der Waals surface area contributed by atoms with Gasteiger partial charge in [0.05, 0.1) is 52.9 Å². The lowest BCUT2D eigenvalue weighted by Gasteiger charge is -2.25. The zero-order chi connectivity index (χ0) is 90.5. The van der Waals surface area contributed by atoms with Crippen molar-refractivity contribution in [3.63, 3.8) is 0 Å². The number of allylic oxidation sites excluding steroid dienone is 12. The van der Waals surface area contributed by atoms with Crippen LogP contribution in [0.5, 0.6) is 17.2 Å². The molecular weight excluding hydrogens is 1620 g/mol. The molecule has 13 N–H and O–H groups in total. The largest absolute Gasteiger partial charge is 0.478 e. The Morgan fingerprint density at radius 1 is 0.344 bits per heavy atom. The van der Waals surface area contributed by atoms with Crippen molar-refractivity contribution in [2.75, 3.05) is 105 Å². The number of aliphatic carboxylic acids is 1. The van der Waals surface area contributed by atoms with Crippen molar-refractivity contribution in [1.82, 2.24) is 21.3 Å². The van der Waals surface area contributed by atoms with Crippen molar-refractivity contribution in [3.8, 4) is 17.2 Å². The van der Waals surface area contributed by atoms with E-state index in [2.05, 4.69) is 95.0 Å². The zero-order valence-electron chi connectivity index (χ0n) is 72.2. The van der Waals surface area contributed by atoms with Crippen molar-refractivity contribution >= 4 is 81.9 Å². The smallest absolute Gasteiger partial charge is 0.407 e. The van der Waals surface area contributed by atoms with Crippen LogP contribution in [0.15, 0.2) is 219 Å². The van der Waals surface area contributed by atoms with E-state index in [9.17, 15) is 38.4 Å². The molecule has 0 heterocycles. The number of nitrogens with one attached hydrogen (secondary N) is 4. The summed E-state index contributed by atoms with van der Waals surface area (Å²) in [5.41, 5.74) is 19.9. The van der Waals surface area contributed by atoms with Crippen LogP contribution in [0.1, 0.15) is 168 Å². The summed E-state index contributed by atoms with van der Waals surface area (Å²) in [5, 5.41) is 21.7. The average molecular weight is 1750 g/mol. The standard InChI is InChI=1S/C43H55ClN2O5.C21H25ClN2O4.C17H15ClO4.C9H20N2O3.C4H12N2O/c1-4-5-6-7-8-9-10-11-12-13-14-15-16-17-18-19-20-21-22-23-40(47)45-32-34-50-35-33-46-42(49)43(2,3)51-39-30-26-37(27-31-39)41(48)36-24-28-38(44)29-25-36;1-21(2,20(26)24-12-14-27-13-11-23)28-18-9-5-16(6-10-18)19(25)15-3-7-17(22)8-4-15;1-17(2,16(20)21)22-14-9-5-12(6-10-14)15(19)11-3-7-13(18)8-4-11;1-9(2,3)14-8(12)11-5-7-13-6-4-10;5-1-3-7-4-2-6/h5-6,8-9,11-12,14-15,17-18,20-21,24-31H,4,7,10,13,16,19,22-23,32-35H2,1-3H3,(H,45,47)(H,46,49);3-10H,11-14,23H2,1-2H3,(H,24,26);3-10H,1-2H3,(H,20,21);4-7,10H2,1-3H3,(H,11,12);1-6H2/b6-5-,9-8-,12-11-,15-14-,18-17-,21-20-;;;;. The number of benzene rings is 6. The normalized spacial score (nSPS) is 11.5. The molecule has 0 aliphatic heterocycles. The number of hydrogen-bond acceptors (Lipinski definition) is 20. The van der Waals surface area contributed by atoms with Crippen LogP contribution in [-0.4, -0.2) is 180 Å². The van der Waals surface area contributed by atoms with Gasteiger partial charge < -0.3 is 87.2 Å². The number of halogens is 3. The second-order valence-corrected chi connectivity index (χ2v) is 30.4. The number of carbonyl (C=O) groups excluding carboxylic acids is 7. The van der Waals surface area contributed by atoms with Gasteiger partial charge in [-0.2, -0.15) is 0 Å². The highest BCUT2D eigenvalue weighted by Gasteiger charge is 2.32. The highest BCUT2D eigenvalue weighted by molar-refractivity contribution is 6.31. The maximum absolute atomic E-state index is 12.7. The van der Waals surface area contributed by atoms with E-state index in [0.717, 1.165) is 38.5 Å². The molecule has 0 aromatic heterocycles. The van der Waals surface area contributed by atoms with Crippen molar-refractivity contribution in [3.05, 3.63) is 267 Å². The molecule has 6 rings (SSSR count). The van der Waals surface area contributed by atoms with E-state index >= 15 is 0 Å². The predicted molar refractivity (Wildman–Crippen MR) is 486 cm³/mol. The van der Waals surface area contributed by atoms with E-state index in [0.29, 0.717) is 184 Å². The number of carboxylic acid groups (broad SMARTS) is 1. The predicted octanol–water partition coefficient (Wildman–Crippen LogP) is 15.5. The molecule has 28 heteroatoms. The van der Waals surface area contributed by atoms with E-state index in [4.69, 9.17) is 101 Å². The SMILES string of the molecule is CC(C)(C)OC(=O)NCCOCCN.CC(C)(Oc1ccc(C(=O)c2ccc(Cl)cc2)cc1)C(=O)NCCOCCN.CC(C)(Oc1ccc(C(=O)c2ccc(Cl)cc2)cc1)C(=O)O.CC/C=C\C/C=C\C/C=C\C/C=C\C/C=C\C/C=C\CCC(=O)NCCOCCNC(=O)C(C)(C)Oc1ccc(C(=O)c2ccc(Cl)cc2)cc1.NCCOCCN. The summed E-state index contributed by atoms with van der Waals surface area (Å²) in [6.07, 6.45) is 32.4. The Kier molecular flexibility index (Phi) is 55.7. The van der Waals surface area contributed by atoms with Crippen molar-refractivity contribution in [2.24, 2.45) is 22.9 Å². The van der Waals surface area contributed by atoms with Gasteiger partial charge in [-0.15, -0.1) is 0 Å². The first-order chi connectivity index (χ1) is 58.2. The Morgan fingerprint density at radius 2 is 0.598 bits per heavy atom. The van der Waals surface area contributed by atoms with Crippen LogP contribution in [0.25, 0.3) is 0 Å². The van der Waals surface area contributed by atoms with E-state index in [-0.39, 0.29) is 35.1 Å². The van der Waals surface area contributed by atoms with Gasteiger partial charge in [0.2, 0.25) is 5.91 Å². The first kappa shape index (κ1) is 108. The molecule has 0 bridgehead atoms. The van der Waals surface area contributed by atoms with Crippen molar-refractivity contribution in [1.29, 1.82) is 0 Å². The lowest BCUT2D eigenvalue weighted by atomic mass is 10.0. The Balaban J connectivity index is 0.000000592. The van der Waals surface area contributed by atoms with Gasteiger partial charge in [-0.25, -0.2) is 9.59 Å². The summed E-state index contributed by atoms with van der Waals surface area (Å²) < 4.78 is 42.8. The fourth-order valence-corrected chi connectivity index (χ4v) is 10.1. The van der Waals surface area contributed by atoms with Gasteiger partial charge in [0, 0.05) is 107 Å². The topological polar surface area (TPSA) is 383 Å². The van der Waals surface area contributed by atoms with Crippen molar-refractivity contribution < 1.29 is 81.4 Å². The van der Waals surface area contributed by atoms with Gasteiger partial charge in [-0.05, 0) is 253 Å². The highest BCUT2D eigenvalue weighted by atomic mass is 35.5. The minimum atomic E-state index is -1.33. The molecule has 0 aliphatic carbocycles. The van der Waals surface area contributed by atoms with Gasteiger partial charge in [0.1, 0.15) is 22.8 Å². The number of alkyl carbamates (subject to hydrolysis) is 1. The zero-order valence-corrected chi connectivity index (χ0v) is 74.4. The molecule has 666 valence electrons. The van der Waals surface area contributed by atoms with Crippen LogP contribution >= 0.6 is 34.8 Å². The van der Waals surface area contributed by atoms with Crippen LogP contribution in [0.4, 0.5) is 4.79 Å². The molecule has 0 aliphatic rings. The number of rotatable bonds is 49. The van der Waals surface area contributed by atoms with Crippen LogP contribution < -0.4 is 58.4 Å². The summed E-state index contributed by atoms with van der Waals surface area (Å²) >= 11 is 17.6. The monoisotopic (exact) mass is 1740 g/mol. The van der Waals surface area contributed by atoms with E-state index in [1.165, 1.54) is 13.8 Å². The van der Waals surface area contributed by atoms with Crippen molar-refractivity contribution in [2.45, 2.75) is 143 Å². The molecule has 0 spiro atoms. The fourth-order valence-electron chi connectivity index (χ4n) is 9.73. The Labute approximate surface area is 735 Å². The molecule has 6 aromatic rings. The minimum absolute atomic E-state index is 0.0206. The number of ether oxygens (including phenoxy) is 8. The molecule has 0 radical (unpaired) electrons. The summed E-state index contributed by atoms with van der Waals surface area (Å²) in [6.45, 7) is 24.5. The number of carbonyl (C=O) groups is 8. The Hall–Kier alpha value is -10.1. The van der Waals surface area contributed by atoms with Gasteiger partial charge in [0.15, 0.2) is 34.2 Å². The second kappa shape index (κ2) is 62.9. The summed E-state index contributed by atoms with van der Waals surface area (Å²) in [5.74, 6) is -0.668. The van der Waals surface area contributed by atoms with Crippen LogP contribution in [0.2, 0.25) is 15.1 Å². The molecule has 0 saturated heterocycles. The second-order valence-electron chi connectivity index (χ2n) is 29.1. The quantitative estimate of drug-likeness (QED) is 0.00973. The Morgan fingerprint density at radius 3 is 0.885 bits per heavy atom. The lowest BCUT2D eigenvalue weighted by Crippen LogP contribution is -2.47. The summed E-state index contributed by atoms with van der Waals surface area (Å²) in [7, 11) is 0. The van der Waals surface area contributed by atoms with Crippen LogP contribution in [0, 0.1) is 0 Å². The lowest BCUT2D eigenvalue weighted by molar-refractivity contribution is -0.152. The number of nitrogens with two attached hydrogens (primary N) is 4. The van der Waals surface area contributed by atoms with E-state index in [1.807, 2.05) is 26.8 Å². The van der Waals surface area contributed by atoms with Crippen LogP contribution in [-0.2, 0) is 42.9 Å². The fraction of sp³-hybridized carbons (Fsp3) is 0.404. The van der Waals surface area contributed by atoms with Gasteiger partial charge in [-0.3, -0.25) is 28.8 Å². The van der Waals surface area contributed by atoms with Crippen LogP contribution in [0.3, 0.4) is 0 Å². The third kappa shape index (κ3) is 50.3. The first-order valence-corrected chi connectivity index (χ1v) is 41.7. The number of carboxylic acids is 1. The minimum Gasteiger partial charge on any atom is -0.478 e. The molecular formula is C94H127Cl3N8O17. The van der Waals surface area contributed by atoms with Gasteiger partial charge in [-0.1, -0.05) is 115 Å². The number of hydrogen-bond donors (Lipinski definition) is 9. The third-order valence-electron chi connectivity index (χ3n) is 16.1. The molecule has 4 amide bonds. The molecule has 0 atom stereocenters. The van der Waals surface area contributed by atoms with E-state index in [1.54, 1.807) is 173 Å². The van der Waals surface area contributed by atoms with Gasteiger partial charge >= 0.3 is 12.1 Å². The molecule has 25 nitrogen and oxygen atoms in total. The molecule has 0 fully saturated rings. The molecule has 0 saturated carbocycles. The molecule has 6 aromatic carbocycles.